The van der Waals surface area contributed by atoms with Gasteiger partial charge in [-0.05, 0) is 5.56 Å². The van der Waals surface area contributed by atoms with Gasteiger partial charge < -0.3 is 16.2 Å². The Morgan fingerprint density at radius 1 is 1.32 bits per heavy atom. The lowest BCUT2D eigenvalue weighted by Crippen LogP contribution is -2.15. The third-order valence-corrected chi connectivity index (χ3v) is 2.76. The highest BCUT2D eigenvalue weighted by atomic mass is 16.5. The molecule has 0 aliphatic rings. The van der Waals surface area contributed by atoms with E-state index in [9.17, 15) is 4.79 Å². The van der Waals surface area contributed by atoms with Crippen LogP contribution in [0.2, 0.25) is 0 Å². The van der Waals surface area contributed by atoms with Crippen LogP contribution in [0.4, 0.5) is 5.82 Å². The molecule has 0 spiro atoms. The van der Waals surface area contributed by atoms with Gasteiger partial charge in [0.1, 0.15) is 17.1 Å². The van der Waals surface area contributed by atoms with E-state index in [2.05, 4.69) is 5.10 Å². The van der Waals surface area contributed by atoms with E-state index in [1.807, 2.05) is 30.3 Å². The average molecular weight is 260 g/mol. The molecule has 0 saturated carbocycles. The van der Waals surface area contributed by atoms with Gasteiger partial charge in [0.25, 0.3) is 5.91 Å². The number of amides is 1. The van der Waals surface area contributed by atoms with Gasteiger partial charge in [-0.2, -0.15) is 5.10 Å². The Morgan fingerprint density at radius 2 is 2.00 bits per heavy atom. The highest BCUT2D eigenvalue weighted by Crippen LogP contribution is 2.16. The van der Waals surface area contributed by atoms with Gasteiger partial charge in [0.2, 0.25) is 0 Å². The Balaban J connectivity index is 2.04. The molecule has 0 aliphatic heterocycles. The van der Waals surface area contributed by atoms with Crippen molar-refractivity contribution < 1.29 is 9.53 Å². The average Bonchev–Trinajstić information content (AvgIpc) is 2.66. The first kappa shape index (κ1) is 13.1. The summed E-state index contributed by atoms with van der Waals surface area (Å²) in [5, 5.41) is 4.13. The molecular formula is C13H16N4O2. The second kappa shape index (κ2) is 5.53. The summed E-state index contributed by atoms with van der Waals surface area (Å²) in [6.45, 7) is 0.633. The van der Waals surface area contributed by atoms with Crippen LogP contribution in [0.1, 0.15) is 21.6 Å². The van der Waals surface area contributed by atoms with Crippen molar-refractivity contribution in [1.29, 1.82) is 0 Å². The van der Waals surface area contributed by atoms with Gasteiger partial charge in [0, 0.05) is 7.05 Å². The van der Waals surface area contributed by atoms with E-state index in [0.717, 1.165) is 5.56 Å². The Hall–Kier alpha value is -2.34. The Morgan fingerprint density at radius 3 is 2.63 bits per heavy atom. The second-order valence-electron chi connectivity index (χ2n) is 4.17. The van der Waals surface area contributed by atoms with Gasteiger partial charge in [0.15, 0.2) is 0 Å². The highest BCUT2D eigenvalue weighted by molar-refractivity contribution is 5.98. The number of rotatable bonds is 5. The summed E-state index contributed by atoms with van der Waals surface area (Å²) in [4.78, 5) is 11.3. The summed E-state index contributed by atoms with van der Waals surface area (Å²) in [7, 11) is 1.66. The molecule has 6 nitrogen and oxygen atoms in total. The van der Waals surface area contributed by atoms with Crippen LogP contribution in [0, 0.1) is 0 Å². The van der Waals surface area contributed by atoms with Crippen LogP contribution in [0.25, 0.3) is 0 Å². The van der Waals surface area contributed by atoms with E-state index in [1.54, 1.807) is 7.05 Å². The van der Waals surface area contributed by atoms with Crippen molar-refractivity contribution in [3.05, 3.63) is 47.2 Å². The maximum absolute atomic E-state index is 11.3. The minimum atomic E-state index is -0.594. The lowest BCUT2D eigenvalue weighted by atomic mass is 10.2. The van der Waals surface area contributed by atoms with Gasteiger partial charge in [-0.3, -0.25) is 9.48 Å². The number of anilines is 1. The van der Waals surface area contributed by atoms with Crippen LogP contribution >= 0.6 is 0 Å². The van der Waals surface area contributed by atoms with Crippen molar-refractivity contribution in [2.24, 2.45) is 12.8 Å². The summed E-state index contributed by atoms with van der Waals surface area (Å²) in [6.07, 6.45) is 0. The highest BCUT2D eigenvalue weighted by Gasteiger charge is 2.18. The van der Waals surface area contributed by atoms with Crippen LogP contribution in [0.15, 0.2) is 30.3 Å². The number of nitrogens with two attached hydrogens (primary N) is 2. The number of carbonyl (C=O) groups is 1. The number of carbonyl (C=O) groups excluding carboxylic acids is 1. The number of nitrogens with zero attached hydrogens (tertiary/aromatic N) is 2. The largest absolute Gasteiger partial charge is 0.383 e. The zero-order valence-corrected chi connectivity index (χ0v) is 10.7. The third-order valence-electron chi connectivity index (χ3n) is 2.76. The smallest absolute Gasteiger partial charge is 0.254 e. The minimum Gasteiger partial charge on any atom is -0.383 e. The normalized spacial score (nSPS) is 10.6. The number of primary amides is 1. The first-order valence-corrected chi connectivity index (χ1v) is 5.82. The van der Waals surface area contributed by atoms with Crippen molar-refractivity contribution in [3.63, 3.8) is 0 Å². The molecular weight excluding hydrogens is 244 g/mol. The Labute approximate surface area is 111 Å². The van der Waals surface area contributed by atoms with Gasteiger partial charge >= 0.3 is 0 Å². The molecule has 1 aromatic heterocycles. The summed E-state index contributed by atoms with van der Waals surface area (Å²) >= 11 is 0. The van der Waals surface area contributed by atoms with Crippen molar-refractivity contribution >= 4 is 11.7 Å². The number of ether oxygens (including phenoxy) is 1. The van der Waals surface area contributed by atoms with E-state index >= 15 is 0 Å². The van der Waals surface area contributed by atoms with Crippen molar-refractivity contribution in [1.82, 2.24) is 9.78 Å². The molecule has 0 radical (unpaired) electrons. The Bertz CT molecular complexity index is 578. The number of hydrogen-bond donors (Lipinski definition) is 2. The number of nitrogen functional groups attached to an aromatic ring is 1. The number of hydrogen-bond acceptors (Lipinski definition) is 4. The maximum Gasteiger partial charge on any atom is 0.254 e. The van der Waals surface area contributed by atoms with E-state index < -0.39 is 5.91 Å². The fourth-order valence-corrected chi connectivity index (χ4v) is 1.80. The molecule has 1 aromatic carbocycles. The first-order valence-electron chi connectivity index (χ1n) is 5.82. The molecule has 4 N–H and O–H groups in total. The van der Waals surface area contributed by atoms with Crippen molar-refractivity contribution in [3.8, 4) is 0 Å². The quantitative estimate of drug-likeness (QED) is 0.831. The molecule has 1 heterocycles. The van der Waals surface area contributed by atoms with Gasteiger partial charge in [-0.25, -0.2) is 0 Å². The van der Waals surface area contributed by atoms with E-state index in [4.69, 9.17) is 16.2 Å². The molecule has 1 amide bonds. The topological polar surface area (TPSA) is 96.2 Å². The summed E-state index contributed by atoms with van der Waals surface area (Å²) in [5.41, 5.74) is 12.8. The molecule has 0 fully saturated rings. The molecule has 19 heavy (non-hydrogen) atoms. The zero-order chi connectivity index (χ0) is 13.8. The fraction of sp³-hybridized carbons (Fsp3) is 0.231. The lowest BCUT2D eigenvalue weighted by molar-refractivity contribution is 0.0959. The van der Waals surface area contributed by atoms with Gasteiger partial charge in [0.05, 0.1) is 13.2 Å². The van der Waals surface area contributed by atoms with Crippen LogP contribution in [0.3, 0.4) is 0 Å². The molecule has 2 rings (SSSR count). The maximum atomic E-state index is 11.3. The predicted octanol–water partition coefficient (Wildman–Crippen LogP) is 0.818. The molecule has 0 saturated heterocycles. The Kier molecular flexibility index (Phi) is 3.82. The molecule has 6 heteroatoms. The van der Waals surface area contributed by atoms with Crippen molar-refractivity contribution in [2.75, 3.05) is 5.73 Å². The van der Waals surface area contributed by atoms with Crippen molar-refractivity contribution in [2.45, 2.75) is 13.2 Å². The van der Waals surface area contributed by atoms with E-state index in [1.165, 1.54) is 4.68 Å². The van der Waals surface area contributed by atoms with Crippen LogP contribution < -0.4 is 11.5 Å². The first-order chi connectivity index (χ1) is 9.09. The van der Waals surface area contributed by atoms with E-state index in [0.29, 0.717) is 12.3 Å². The molecule has 2 aromatic rings. The fourth-order valence-electron chi connectivity index (χ4n) is 1.80. The second-order valence-corrected chi connectivity index (χ2v) is 4.17. The predicted molar refractivity (Wildman–Crippen MR) is 71.1 cm³/mol. The standard InChI is InChI=1S/C13H16N4O2/c1-17-12(14)11(13(15)18)10(16-17)8-19-7-9-5-3-2-4-6-9/h2-6H,7-8,14H2,1H3,(H2,15,18). The SMILES string of the molecule is Cn1nc(COCc2ccccc2)c(C(N)=O)c1N. The minimum absolute atomic E-state index is 0.193. The number of benzene rings is 1. The summed E-state index contributed by atoms with van der Waals surface area (Å²) in [6, 6.07) is 9.73. The third kappa shape index (κ3) is 2.92. The molecule has 0 unspecified atom stereocenters. The molecule has 0 bridgehead atoms. The molecule has 0 atom stereocenters. The van der Waals surface area contributed by atoms with Gasteiger partial charge in [-0.15, -0.1) is 0 Å². The summed E-state index contributed by atoms with van der Waals surface area (Å²) < 4.78 is 6.94. The van der Waals surface area contributed by atoms with Crippen LogP contribution in [-0.4, -0.2) is 15.7 Å². The molecule has 0 aliphatic carbocycles. The van der Waals surface area contributed by atoms with Crippen LogP contribution in [0.5, 0.6) is 0 Å². The van der Waals surface area contributed by atoms with Crippen LogP contribution in [-0.2, 0) is 25.0 Å². The summed E-state index contributed by atoms with van der Waals surface area (Å²) in [5.74, 6) is -0.338. The number of aryl methyl sites for hydroxylation is 1. The van der Waals surface area contributed by atoms with E-state index in [-0.39, 0.29) is 18.0 Å². The monoisotopic (exact) mass is 260 g/mol. The number of aromatic nitrogens is 2. The van der Waals surface area contributed by atoms with Gasteiger partial charge in [-0.1, -0.05) is 30.3 Å². The molecule has 100 valence electrons. The lowest BCUT2D eigenvalue weighted by Gasteiger charge is -2.03. The zero-order valence-electron chi connectivity index (χ0n) is 10.7.